The van der Waals surface area contributed by atoms with Gasteiger partial charge in [-0.25, -0.2) is 13.6 Å². The maximum Gasteiger partial charge on any atom is 0.340 e. The molecule has 0 saturated heterocycles. The van der Waals surface area contributed by atoms with Crippen LogP contribution >= 0.6 is 23.2 Å². The van der Waals surface area contributed by atoms with E-state index in [9.17, 15) is 18.4 Å². The summed E-state index contributed by atoms with van der Waals surface area (Å²) in [5, 5.41) is 2.69. The summed E-state index contributed by atoms with van der Waals surface area (Å²) in [5.41, 5.74) is 0.852. The Morgan fingerprint density at radius 3 is 2.44 bits per heavy atom. The summed E-state index contributed by atoms with van der Waals surface area (Å²) < 4.78 is 31.3. The number of rotatable bonds is 4. The van der Waals surface area contributed by atoms with E-state index in [1.807, 2.05) is 0 Å². The van der Waals surface area contributed by atoms with Gasteiger partial charge in [0.05, 0.1) is 10.6 Å². The molecule has 4 nitrogen and oxygen atoms in total. The van der Waals surface area contributed by atoms with E-state index in [0.717, 1.165) is 5.56 Å². The molecular weight excluding hydrogens is 375 g/mol. The fraction of sp³-hybridized carbons (Fsp3) is 0.176. The molecular formula is C17H13Cl2F2NO3. The van der Waals surface area contributed by atoms with E-state index < -0.39 is 29.6 Å². The van der Waals surface area contributed by atoms with Crippen molar-refractivity contribution in [3.63, 3.8) is 0 Å². The van der Waals surface area contributed by atoms with E-state index in [1.165, 1.54) is 6.92 Å². The molecule has 1 atom stereocenters. The third-order valence-corrected chi connectivity index (χ3v) is 3.89. The van der Waals surface area contributed by atoms with Crippen LogP contribution in [0.5, 0.6) is 0 Å². The fourth-order valence-electron chi connectivity index (χ4n) is 1.92. The molecule has 0 aliphatic heterocycles. The number of esters is 1. The highest BCUT2D eigenvalue weighted by molar-refractivity contribution is 6.33. The van der Waals surface area contributed by atoms with Crippen molar-refractivity contribution in [1.82, 2.24) is 0 Å². The number of amides is 1. The fourth-order valence-corrected chi connectivity index (χ4v) is 2.32. The second-order valence-corrected chi connectivity index (χ2v) is 6.09. The first kappa shape index (κ1) is 19.1. The average Bonchev–Trinajstić information content (AvgIpc) is 2.54. The minimum Gasteiger partial charge on any atom is -0.449 e. The van der Waals surface area contributed by atoms with Gasteiger partial charge in [-0.2, -0.15) is 0 Å². The molecule has 0 bridgehead atoms. The van der Waals surface area contributed by atoms with Gasteiger partial charge < -0.3 is 10.1 Å². The van der Waals surface area contributed by atoms with Gasteiger partial charge in [0, 0.05) is 10.7 Å². The molecule has 1 amide bonds. The highest BCUT2D eigenvalue weighted by atomic mass is 35.5. The lowest BCUT2D eigenvalue weighted by Gasteiger charge is -2.15. The van der Waals surface area contributed by atoms with Gasteiger partial charge in [-0.05, 0) is 43.7 Å². The minimum absolute atomic E-state index is 0.317. The number of hydrogen-bond donors (Lipinski definition) is 1. The smallest absolute Gasteiger partial charge is 0.340 e. The van der Waals surface area contributed by atoms with Crippen LogP contribution in [0.2, 0.25) is 10.0 Å². The Morgan fingerprint density at radius 1 is 1.12 bits per heavy atom. The summed E-state index contributed by atoms with van der Waals surface area (Å²) in [5.74, 6) is -4.10. The standard InChI is InChI=1S/C17H13Cl2F2NO3/c1-8-3-4-10(18)5-15(8)22-16(23)9(2)25-17(24)11-6-13(20)14(21)7-12(11)19/h3-7,9H,1-2H3,(H,22,23). The van der Waals surface area contributed by atoms with Crippen molar-refractivity contribution in [1.29, 1.82) is 0 Å². The van der Waals surface area contributed by atoms with Crippen LogP contribution in [0, 0.1) is 18.6 Å². The van der Waals surface area contributed by atoms with E-state index in [1.54, 1.807) is 25.1 Å². The van der Waals surface area contributed by atoms with Crippen molar-refractivity contribution >= 4 is 40.8 Å². The zero-order chi connectivity index (χ0) is 18.7. The molecule has 0 saturated carbocycles. The lowest BCUT2D eigenvalue weighted by Crippen LogP contribution is -2.30. The molecule has 0 aromatic heterocycles. The first-order valence-corrected chi connectivity index (χ1v) is 7.87. The zero-order valence-corrected chi connectivity index (χ0v) is 14.7. The van der Waals surface area contributed by atoms with Crippen LogP contribution in [0.4, 0.5) is 14.5 Å². The van der Waals surface area contributed by atoms with Crippen molar-refractivity contribution in [2.45, 2.75) is 20.0 Å². The topological polar surface area (TPSA) is 55.4 Å². The summed E-state index contributed by atoms with van der Waals surface area (Å²) in [6, 6.07) is 6.21. The third-order valence-electron chi connectivity index (χ3n) is 3.34. The molecule has 1 N–H and O–H groups in total. The predicted molar refractivity (Wildman–Crippen MR) is 91.1 cm³/mol. The first-order valence-electron chi connectivity index (χ1n) is 7.11. The van der Waals surface area contributed by atoms with Gasteiger partial charge in [-0.1, -0.05) is 29.3 Å². The first-order chi connectivity index (χ1) is 11.7. The molecule has 0 radical (unpaired) electrons. The van der Waals surface area contributed by atoms with Gasteiger partial charge in [0.2, 0.25) is 0 Å². The molecule has 132 valence electrons. The van der Waals surface area contributed by atoms with Crippen LogP contribution in [0.25, 0.3) is 0 Å². The van der Waals surface area contributed by atoms with Gasteiger partial charge in [0.15, 0.2) is 17.7 Å². The van der Waals surface area contributed by atoms with E-state index in [2.05, 4.69) is 5.32 Å². The molecule has 25 heavy (non-hydrogen) atoms. The zero-order valence-electron chi connectivity index (χ0n) is 13.2. The Kier molecular flexibility index (Phi) is 5.98. The van der Waals surface area contributed by atoms with Gasteiger partial charge in [0.1, 0.15) is 0 Å². The van der Waals surface area contributed by atoms with Gasteiger partial charge >= 0.3 is 5.97 Å². The molecule has 0 aliphatic carbocycles. The SMILES string of the molecule is Cc1ccc(Cl)cc1NC(=O)C(C)OC(=O)c1cc(F)c(F)cc1Cl. The maximum atomic E-state index is 13.3. The lowest BCUT2D eigenvalue weighted by atomic mass is 10.2. The maximum absolute atomic E-state index is 13.3. The van der Waals surface area contributed by atoms with Crippen LogP contribution < -0.4 is 5.32 Å². The van der Waals surface area contributed by atoms with E-state index >= 15 is 0 Å². The quantitative estimate of drug-likeness (QED) is 0.607. The van der Waals surface area contributed by atoms with Gasteiger partial charge in [-0.15, -0.1) is 0 Å². The molecule has 0 fully saturated rings. The minimum atomic E-state index is -1.25. The van der Waals surface area contributed by atoms with Crippen LogP contribution in [-0.4, -0.2) is 18.0 Å². The number of carbonyl (C=O) groups excluding carboxylic acids is 2. The van der Waals surface area contributed by atoms with E-state index in [-0.39, 0.29) is 10.6 Å². The van der Waals surface area contributed by atoms with Crippen LogP contribution in [-0.2, 0) is 9.53 Å². The number of aryl methyl sites for hydroxylation is 1. The number of carbonyl (C=O) groups is 2. The van der Waals surface area contributed by atoms with E-state index in [0.29, 0.717) is 22.8 Å². The second-order valence-electron chi connectivity index (χ2n) is 5.24. The van der Waals surface area contributed by atoms with Gasteiger partial charge in [0.25, 0.3) is 5.91 Å². The lowest BCUT2D eigenvalue weighted by molar-refractivity contribution is -0.123. The molecule has 2 rings (SSSR count). The summed E-state index contributed by atoms with van der Waals surface area (Å²) in [6.07, 6.45) is -1.20. The number of halogens is 4. The number of nitrogens with one attached hydrogen (secondary N) is 1. The number of ether oxygens (including phenoxy) is 1. The predicted octanol–water partition coefficient (Wildman–Crippen LogP) is 4.76. The highest BCUT2D eigenvalue weighted by Crippen LogP contribution is 2.23. The van der Waals surface area contributed by atoms with Crippen molar-refractivity contribution < 1.29 is 23.1 Å². The largest absolute Gasteiger partial charge is 0.449 e. The van der Waals surface area contributed by atoms with Gasteiger partial charge in [-0.3, -0.25) is 4.79 Å². The Labute approximate surface area is 152 Å². The van der Waals surface area contributed by atoms with Crippen molar-refractivity contribution in [3.05, 3.63) is 63.1 Å². The van der Waals surface area contributed by atoms with Crippen LogP contribution in [0.3, 0.4) is 0 Å². The molecule has 2 aromatic rings. The Hall–Kier alpha value is -2.18. The third kappa shape index (κ3) is 4.67. The Bertz CT molecular complexity index is 843. The summed E-state index contributed by atoms with van der Waals surface area (Å²) >= 11 is 11.6. The molecule has 0 aliphatic rings. The van der Waals surface area contributed by atoms with Crippen molar-refractivity contribution in [2.24, 2.45) is 0 Å². The summed E-state index contributed by atoms with van der Waals surface area (Å²) in [7, 11) is 0. The van der Waals surface area contributed by atoms with Crippen LogP contribution in [0.1, 0.15) is 22.8 Å². The molecule has 8 heteroatoms. The second kappa shape index (κ2) is 7.80. The monoisotopic (exact) mass is 387 g/mol. The molecule has 2 aromatic carbocycles. The normalized spacial score (nSPS) is 11.8. The highest BCUT2D eigenvalue weighted by Gasteiger charge is 2.22. The molecule has 1 unspecified atom stereocenters. The number of anilines is 1. The molecule has 0 spiro atoms. The summed E-state index contributed by atoms with van der Waals surface area (Å²) in [6.45, 7) is 3.10. The van der Waals surface area contributed by atoms with Crippen LogP contribution in [0.15, 0.2) is 30.3 Å². The van der Waals surface area contributed by atoms with E-state index in [4.69, 9.17) is 27.9 Å². The molecule has 0 heterocycles. The Balaban J connectivity index is 2.09. The number of hydrogen-bond acceptors (Lipinski definition) is 3. The Morgan fingerprint density at radius 2 is 1.76 bits per heavy atom. The average molecular weight is 388 g/mol. The van der Waals surface area contributed by atoms with Crippen molar-refractivity contribution in [2.75, 3.05) is 5.32 Å². The number of benzene rings is 2. The van der Waals surface area contributed by atoms with Crippen molar-refractivity contribution in [3.8, 4) is 0 Å². The summed E-state index contributed by atoms with van der Waals surface area (Å²) in [4.78, 5) is 24.2.